The first-order chi connectivity index (χ1) is 11.5. The molecule has 0 saturated carbocycles. The molecule has 1 amide bonds. The van der Waals surface area contributed by atoms with Gasteiger partial charge in [0, 0.05) is 33.4 Å². The van der Waals surface area contributed by atoms with Crippen molar-refractivity contribution in [2.75, 3.05) is 66.6 Å². The van der Waals surface area contributed by atoms with Crippen LogP contribution in [0.2, 0.25) is 5.02 Å². The summed E-state index contributed by atoms with van der Waals surface area (Å²) in [5.41, 5.74) is 0.492. The lowest BCUT2D eigenvalue weighted by atomic mass is 10.2. The summed E-state index contributed by atoms with van der Waals surface area (Å²) >= 11 is 6.11. The molecule has 7 nitrogen and oxygen atoms in total. The zero-order chi connectivity index (χ0) is 17.9. The van der Waals surface area contributed by atoms with Gasteiger partial charge in [-0.3, -0.25) is 9.69 Å². The van der Waals surface area contributed by atoms with Crippen LogP contribution >= 0.6 is 11.6 Å². The van der Waals surface area contributed by atoms with Gasteiger partial charge in [-0.05, 0) is 6.07 Å². The Balaban J connectivity index is 2.76. The molecule has 0 aliphatic carbocycles. The van der Waals surface area contributed by atoms with Gasteiger partial charge in [0.25, 0.3) is 0 Å². The summed E-state index contributed by atoms with van der Waals surface area (Å²) in [7, 11) is 6.28. The minimum Gasteiger partial charge on any atom is -0.495 e. The van der Waals surface area contributed by atoms with E-state index in [2.05, 4.69) is 5.32 Å². The van der Waals surface area contributed by atoms with E-state index in [1.54, 1.807) is 26.4 Å². The van der Waals surface area contributed by atoms with Crippen LogP contribution in [0.5, 0.6) is 11.5 Å². The molecule has 0 unspecified atom stereocenters. The SMILES string of the molecule is COCCN(CCOC)CC(=O)Nc1cc(Cl)c(OC)cc1OC. The van der Waals surface area contributed by atoms with Crippen LogP contribution in [-0.4, -0.2) is 72.1 Å². The van der Waals surface area contributed by atoms with Crippen molar-refractivity contribution in [2.24, 2.45) is 0 Å². The Morgan fingerprint density at radius 3 is 2.12 bits per heavy atom. The molecule has 0 atom stereocenters. The fraction of sp³-hybridized carbons (Fsp3) is 0.562. The number of ether oxygens (including phenoxy) is 4. The molecule has 1 aromatic rings. The average molecular weight is 361 g/mol. The molecule has 0 aromatic heterocycles. The van der Waals surface area contributed by atoms with E-state index in [9.17, 15) is 4.79 Å². The van der Waals surface area contributed by atoms with Crippen molar-refractivity contribution in [3.05, 3.63) is 17.2 Å². The van der Waals surface area contributed by atoms with E-state index in [0.29, 0.717) is 48.5 Å². The highest BCUT2D eigenvalue weighted by atomic mass is 35.5. The Labute approximate surface area is 147 Å². The lowest BCUT2D eigenvalue weighted by Crippen LogP contribution is -2.37. The van der Waals surface area contributed by atoms with Crippen molar-refractivity contribution in [1.82, 2.24) is 4.90 Å². The van der Waals surface area contributed by atoms with E-state index < -0.39 is 0 Å². The van der Waals surface area contributed by atoms with E-state index in [4.69, 9.17) is 30.5 Å². The van der Waals surface area contributed by atoms with Crippen LogP contribution in [0, 0.1) is 0 Å². The Morgan fingerprint density at radius 1 is 1.04 bits per heavy atom. The quantitative estimate of drug-likeness (QED) is 0.650. The first kappa shape index (κ1) is 20.5. The molecule has 1 aromatic carbocycles. The summed E-state index contributed by atoms with van der Waals surface area (Å²) < 4.78 is 20.5. The molecule has 0 fully saturated rings. The van der Waals surface area contributed by atoms with Crippen molar-refractivity contribution < 1.29 is 23.7 Å². The molecule has 0 bridgehead atoms. The number of carbonyl (C=O) groups excluding carboxylic acids is 1. The van der Waals surface area contributed by atoms with Crippen molar-refractivity contribution in [1.29, 1.82) is 0 Å². The summed E-state index contributed by atoms with van der Waals surface area (Å²) in [6.45, 7) is 2.55. The normalized spacial score (nSPS) is 10.8. The maximum atomic E-state index is 12.3. The zero-order valence-corrected chi connectivity index (χ0v) is 15.3. The highest BCUT2D eigenvalue weighted by Crippen LogP contribution is 2.35. The van der Waals surface area contributed by atoms with Crippen LogP contribution < -0.4 is 14.8 Å². The lowest BCUT2D eigenvalue weighted by Gasteiger charge is -2.21. The standard InChI is InChI=1S/C16H25ClN2O5/c1-21-7-5-19(6-8-22-2)11-16(20)18-13-9-12(17)14(23-3)10-15(13)24-4/h9-10H,5-8,11H2,1-4H3,(H,18,20). The smallest absolute Gasteiger partial charge is 0.238 e. The molecule has 0 aliphatic rings. The van der Waals surface area contributed by atoms with Gasteiger partial charge in [-0.2, -0.15) is 0 Å². The number of benzene rings is 1. The van der Waals surface area contributed by atoms with Gasteiger partial charge in [0.1, 0.15) is 11.5 Å². The Morgan fingerprint density at radius 2 is 1.62 bits per heavy atom. The van der Waals surface area contributed by atoms with Gasteiger partial charge in [0.2, 0.25) is 5.91 Å². The van der Waals surface area contributed by atoms with Crippen molar-refractivity contribution in [2.45, 2.75) is 0 Å². The summed E-state index contributed by atoms with van der Waals surface area (Å²) in [6.07, 6.45) is 0. The maximum Gasteiger partial charge on any atom is 0.238 e. The molecule has 0 radical (unpaired) electrons. The van der Waals surface area contributed by atoms with Crippen molar-refractivity contribution >= 4 is 23.2 Å². The summed E-state index contributed by atoms with van der Waals surface area (Å²) in [5.74, 6) is 0.778. The van der Waals surface area contributed by atoms with Crippen molar-refractivity contribution in [3.63, 3.8) is 0 Å². The zero-order valence-electron chi connectivity index (χ0n) is 14.6. The monoisotopic (exact) mass is 360 g/mol. The van der Waals surface area contributed by atoms with Gasteiger partial charge >= 0.3 is 0 Å². The fourth-order valence-corrected chi connectivity index (χ4v) is 2.30. The second kappa shape index (κ2) is 11.1. The molecule has 1 N–H and O–H groups in total. The number of amides is 1. The predicted octanol–water partition coefficient (Wildman–Crippen LogP) is 1.89. The van der Waals surface area contributed by atoms with E-state index in [0.717, 1.165) is 0 Å². The largest absolute Gasteiger partial charge is 0.495 e. The van der Waals surface area contributed by atoms with Gasteiger partial charge in [0.05, 0.1) is 44.7 Å². The first-order valence-corrected chi connectivity index (χ1v) is 7.85. The molecular formula is C16H25ClN2O5. The second-order valence-corrected chi connectivity index (χ2v) is 5.40. The van der Waals surface area contributed by atoms with Crippen molar-refractivity contribution in [3.8, 4) is 11.5 Å². The number of hydrogen-bond acceptors (Lipinski definition) is 6. The third-order valence-electron chi connectivity index (χ3n) is 3.34. The van der Waals surface area contributed by atoms with Gasteiger partial charge < -0.3 is 24.3 Å². The lowest BCUT2D eigenvalue weighted by molar-refractivity contribution is -0.117. The third kappa shape index (κ3) is 6.52. The van der Waals surface area contributed by atoms with Crippen LogP contribution in [0.1, 0.15) is 0 Å². The number of nitrogens with one attached hydrogen (secondary N) is 1. The Bertz CT molecular complexity index is 519. The molecule has 8 heteroatoms. The average Bonchev–Trinajstić information content (AvgIpc) is 2.57. The molecule has 1 rings (SSSR count). The Kier molecular flexibility index (Phi) is 9.48. The number of anilines is 1. The topological polar surface area (TPSA) is 69.3 Å². The molecule has 0 aliphatic heterocycles. The van der Waals surface area contributed by atoms with Gasteiger partial charge in [-0.25, -0.2) is 0 Å². The number of methoxy groups -OCH3 is 4. The second-order valence-electron chi connectivity index (χ2n) is 5.00. The van der Waals surface area contributed by atoms with Gasteiger partial charge in [-0.1, -0.05) is 11.6 Å². The van der Waals surface area contributed by atoms with Gasteiger partial charge in [-0.15, -0.1) is 0 Å². The van der Waals surface area contributed by atoms with Crippen LogP contribution in [0.4, 0.5) is 5.69 Å². The highest BCUT2D eigenvalue weighted by molar-refractivity contribution is 6.32. The number of hydrogen-bond donors (Lipinski definition) is 1. The first-order valence-electron chi connectivity index (χ1n) is 7.47. The van der Waals surface area contributed by atoms with Crippen LogP contribution in [0.25, 0.3) is 0 Å². The van der Waals surface area contributed by atoms with Crippen LogP contribution in [0.3, 0.4) is 0 Å². The molecule has 0 heterocycles. The van der Waals surface area contributed by atoms with Crippen LogP contribution in [-0.2, 0) is 14.3 Å². The fourth-order valence-electron chi connectivity index (χ4n) is 2.06. The minimum atomic E-state index is -0.179. The summed E-state index contributed by atoms with van der Waals surface area (Å²) in [6, 6.07) is 3.23. The third-order valence-corrected chi connectivity index (χ3v) is 3.63. The van der Waals surface area contributed by atoms with E-state index >= 15 is 0 Å². The molecule has 136 valence electrons. The van der Waals surface area contributed by atoms with E-state index in [-0.39, 0.29) is 12.5 Å². The number of carbonyl (C=O) groups is 1. The van der Waals surface area contributed by atoms with Crippen LogP contribution in [0.15, 0.2) is 12.1 Å². The minimum absolute atomic E-state index is 0.179. The molecular weight excluding hydrogens is 336 g/mol. The van der Waals surface area contributed by atoms with Gasteiger partial charge in [0.15, 0.2) is 0 Å². The highest BCUT2D eigenvalue weighted by Gasteiger charge is 2.15. The number of halogens is 1. The summed E-state index contributed by atoms with van der Waals surface area (Å²) in [4.78, 5) is 14.3. The number of rotatable bonds is 11. The molecule has 24 heavy (non-hydrogen) atoms. The summed E-state index contributed by atoms with van der Waals surface area (Å²) in [5, 5.41) is 3.20. The Hall–Kier alpha value is -1.54. The molecule has 0 saturated heterocycles. The predicted molar refractivity (Wildman–Crippen MR) is 93.4 cm³/mol. The number of nitrogens with zero attached hydrogens (tertiary/aromatic N) is 1. The van der Waals surface area contributed by atoms with E-state index in [1.165, 1.54) is 14.2 Å². The maximum absolute atomic E-state index is 12.3. The van der Waals surface area contributed by atoms with E-state index in [1.807, 2.05) is 4.90 Å². The molecule has 0 spiro atoms.